The number of nitrogens with one attached hydrogen (secondary N) is 1. The van der Waals surface area contributed by atoms with Crippen LogP contribution in [-0.4, -0.2) is 29.7 Å². The van der Waals surface area contributed by atoms with Gasteiger partial charge in [0, 0.05) is 23.4 Å². The highest BCUT2D eigenvalue weighted by Crippen LogP contribution is 2.23. The largest absolute Gasteiger partial charge is 0.391 e. The summed E-state index contributed by atoms with van der Waals surface area (Å²) in [6.07, 6.45) is 2.34. The maximum absolute atomic E-state index is 11.9. The number of halogens is 1. The van der Waals surface area contributed by atoms with E-state index in [1.165, 1.54) is 4.88 Å². The molecule has 0 aliphatic heterocycles. The van der Waals surface area contributed by atoms with E-state index in [-0.39, 0.29) is 30.3 Å². The SMILES string of the molecule is Cl.N[C@@H]1CC[C@H](C(=O)NCCc2cccs2)C[C@H]1O. The molecule has 3 atom stereocenters. The van der Waals surface area contributed by atoms with Gasteiger partial charge in [-0.3, -0.25) is 4.79 Å². The number of amides is 1. The van der Waals surface area contributed by atoms with Gasteiger partial charge in [0.1, 0.15) is 0 Å². The third-order valence-electron chi connectivity index (χ3n) is 3.49. The summed E-state index contributed by atoms with van der Waals surface area (Å²) in [5.41, 5.74) is 5.72. The highest BCUT2D eigenvalue weighted by atomic mass is 35.5. The molecule has 1 aliphatic rings. The number of rotatable bonds is 4. The van der Waals surface area contributed by atoms with Crippen molar-refractivity contribution in [3.8, 4) is 0 Å². The van der Waals surface area contributed by atoms with Gasteiger partial charge in [-0.25, -0.2) is 0 Å². The number of hydrogen-bond acceptors (Lipinski definition) is 4. The smallest absolute Gasteiger partial charge is 0.223 e. The lowest BCUT2D eigenvalue weighted by Crippen LogP contribution is -2.44. The van der Waals surface area contributed by atoms with Crippen LogP contribution < -0.4 is 11.1 Å². The number of aliphatic hydroxyl groups excluding tert-OH is 1. The number of aliphatic hydroxyl groups is 1. The molecule has 1 aromatic heterocycles. The number of hydrogen-bond donors (Lipinski definition) is 3. The lowest BCUT2D eigenvalue weighted by atomic mass is 9.84. The van der Waals surface area contributed by atoms with Gasteiger partial charge in [0.2, 0.25) is 5.91 Å². The van der Waals surface area contributed by atoms with Crippen LogP contribution in [-0.2, 0) is 11.2 Å². The number of nitrogens with two attached hydrogens (primary N) is 1. The first-order valence-electron chi connectivity index (χ1n) is 6.40. The Morgan fingerprint density at radius 3 is 2.95 bits per heavy atom. The van der Waals surface area contributed by atoms with Crippen molar-refractivity contribution in [1.29, 1.82) is 0 Å². The number of thiophene rings is 1. The quantitative estimate of drug-likeness (QED) is 0.785. The summed E-state index contributed by atoms with van der Waals surface area (Å²) in [5, 5.41) is 14.6. The maximum Gasteiger partial charge on any atom is 0.223 e. The lowest BCUT2D eigenvalue weighted by Gasteiger charge is -2.29. The molecule has 0 aromatic carbocycles. The second kappa shape index (κ2) is 7.85. The van der Waals surface area contributed by atoms with Gasteiger partial charge in [0.25, 0.3) is 0 Å². The summed E-state index contributed by atoms with van der Waals surface area (Å²) in [4.78, 5) is 13.2. The standard InChI is InChI=1S/C13H20N2O2S.ClH/c14-11-4-3-9(8-12(11)16)13(17)15-6-5-10-2-1-7-18-10;/h1-2,7,9,11-12,16H,3-6,8,14H2,(H,15,17);1H/t9-,11+,12+;/m0./s1. The van der Waals surface area contributed by atoms with Crippen LogP contribution in [0.5, 0.6) is 0 Å². The summed E-state index contributed by atoms with van der Waals surface area (Å²) < 4.78 is 0. The molecule has 4 nitrogen and oxygen atoms in total. The van der Waals surface area contributed by atoms with E-state index in [9.17, 15) is 9.90 Å². The Morgan fingerprint density at radius 1 is 1.53 bits per heavy atom. The van der Waals surface area contributed by atoms with E-state index in [0.29, 0.717) is 13.0 Å². The molecule has 1 saturated carbocycles. The fourth-order valence-electron chi connectivity index (χ4n) is 2.32. The zero-order chi connectivity index (χ0) is 13.0. The second-order valence-corrected chi connectivity index (χ2v) is 5.89. The average Bonchev–Trinajstić information content (AvgIpc) is 2.85. The molecule has 2 rings (SSSR count). The minimum atomic E-state index is -0.535. The van der Waals surface area contributed by atoms with Crippen molar-refractivity contribution in [2.45, 2.75) is 37.8 Å². The molecule has 108 valence electrons. The van der Waals surface area contributed by atoms with Crippen molar-refractivity contribution in [1.82, 2.24) is 5.32 Å². The molecule has 0 spiro atoms. The van der Waals surface area contributed by atoms with Crippen molar-refractivity contribution < 1.29 is 9.90 Å². The molecule has 0 bridgehead atoms. The molecule has 1 amide bonds. The summed E-state index contributed by atoms with van der Waals surface area (Å²) >= 11 is 1.70. The van der Waals surface area contributed by atoms with Crippen LogP contribution in [0.3, 0.4) is 0 Å². The molecule has 0 radical (unpaired) electrons. The molecule has 1 heterocycles. The monoisotopic (exact) mass is 304 g/mol. The average molecular weight is 305 g/mol. The van der Waals surface area contributed by atoms with Crippen LogP contribution in [0.25, 0.3) is 0 Å². The Kier molecular flexibility index (Phi) is 6.79. The number of carbonyl (C=O) groups is 1. The van der Waals surface area contributed by atoms with Crippen molar-refractivity contribution in [3.63, 3.8) is 0 Å². The third-order valence-corrected chi connectivity index (χ3v) is 4.43. The predicted molar refractivity (Wildman–Crippen MR) is 79.6 cm³/mol. The van der Waals surface area contributed by atoms with Crippen LogP contribution in [0.2, 0.25) is 0 Å². The van der Waals surface area contributed by atoms with Gasteiger partial charge in [0.15, 0.2) is 0 Å². The third kappa shape index (κ3) is 4.76. The fourth-order valence-corrected chi connectivity index (χ4v) is 3.03. The molecule has 1 aromatic rings. The molecule has 1 fully saturated rings. The molecule has 0 saturated heterocycles. The highest BCUT2D eigenvalue weighted by Gasteiger charge is 2.30. The van der Waals surface area contributed by atoms with Gasteiger partial charge in [-0.15, -0.1) is 23.7 Å². The Labute approximate surface area is 123 Å². The minimum absolute atomic E-state index is 0. The highest BCUT2D eigenvalue weighted by molar-refractivity contribution is 7.09. The fraction of sp³-hybridized carbons (Fsp3) is 0.615. The molecule has 0 unspecified atom stereocenters. The lowest BCUT2D eigenvalue weighted by molar-refractivity contribution is -0.127. The molecule has 19 heavy (non-hydrogen) atoms. The van der Waals surface area contributed by atoms with Gasteiger partial charge in [-0.05, 0) is 37.1 Å². The zero-order valence-electron chi connectivity index (χ0n) is 10.7. The van der Waals surface area contributed by atoms with Crippen molar-refractivity contribution in [2.24, 2.45) is 11.7 Å². The Bertz CT molecular complexity index is 386. The van der Waals surface area contributed by atoms with Crippen molar-refractivity contribution >= 4 is 29.7 Å². The topological polar surface area (TPSA) is 75.4 Å². The van der Waals surface area contributed by atoms with E-state index in [0.717, 1.165) is 19.3 Å². The first kappa shape index (κ1) is 16.4. The maximum atomic E-state index is 11.9. The van der Waals surface area contributed by atoms with Crippen LogP contribution in [0.15, 0.2) is 17.5 Å². The van der Waals surface area contributed by atoms with Gasteiger partial charge in [0.05, 0.1) is 6.10 Å². The molecule has 4 N–H and O–H groups in total. The van der Waals surface area contributed by atoms with E-state index in [1.807, 2.05) is 11.4 Å². The summed E-state index contributed by atoms with van der Waals surface area (Å²) in [7, 11) is 0. The van der Waals surface area contributed by atoms with Gasteiger partial charge < -0.3 is 16.2 Å². The summed E-state index contributed by atoms with van der Waals surface area (Å²) in [5.74, 6) is -0.0272. The molecular weight excluding hydrogens is 284 g/mol. The van der Waals surface area contributed by atoms with E-state index >= 15 is 0 Å². The molecule has 1 aliphatic carbocycles. The summed E-state index contributed by atoms with van der Waals surface area (Å²) in [6, 6.07) is 3.92. The predicted octanol–water partition coefficient (Wildman–Crippen LogP) is 1.32. The zero-order valence-corrected chi connectivity index (χ0v) is 12.4. The van der Waals surface area contributed by atoms with Crippen LogP contribution >= 0.6 is 23.7 Å². The van der Waals surface area contributed by atoms with E-state index < -0.39 is 6.10 Å². The van der Waals surface area contributed by atoms with Gasteiger partial charge in [-0.1, -0.05) is 6.07 Å². The first-order chi connectivity index (χ1) is 8.66. The van der Waals surface area contributed by atoms with Gasteiger partial charge in [-0.2, -0.15) is 0 Å². The molecule has 6 heteroatoms. The number of carbonyl (C=O) groups excluding carboxylic acids is 1. The van der Waals surface area contributed by atoms with Crippen LogP contribution in [0.1, 0.15) is 24.1 Å². The van der Waals surface area contributed by atoms with E-state index in [2.05, 4.69) is 11.4 Å². The Morgan fingerprint density at radius 2 is 2.32 bits per heavy atom. The van der Waals surface area contributed by atoms with Crippen LogP contribution in [0, 0.1) is 5.92 Å². The van der Waals surface area contributed by atoms with E-state index in [4.69, 9.17) is 5.73 Å². The second-order valence-electron chi connectivity index (χ2n) is 4.86. The normalized spacial score (nSPS) is 26.5. The van der Waals surface area contributed by atoms with Gasteiger partial charge >= 0.3 is 0 Å². The minimum Gasteiger partial charge on any atom is -0.391 e. The molecular formula is C13H21ClN2O2S. The van der Waals surface area contributed by atoms with Crippen molar-refractivity contribution in [3.05, 3.63) is 22.4 Å². The Balaban J connectivity index is 0.00000180. The Hall–Kier alpha value is -0.620. The van der Waals surface area contributed by atoms with Crippen molar-refractivity contribution in [2.75, 3.05) is 6.54 Å². The summed E-state index contributed by atoms with van der Waals surface area (Å²) in [6.45, 7) is 0.665. The van der Waals surface area contributed by atoms with E-state index in [1.54, 1.807) is 11.3 Å². The first-order valence-corrected chi connectivity index (χ1v) is 7.28. The van der Waals surface area contributed by atoms with Crippen LogP contribution in [0.4, 0.5) is 0 Å².